The lowest BCUT2D eigenvalue weighted by molar-refractivity contribution is -0.119. The van der Waals surface area contributed by atoms with Gasteiger partial charge in [-0.05, 0) is 43.7 Å². The number of rotatable bonds is 3. The van der Waals surface area contributed by atoms with E-state index in [0.29, 0.717) is 22.6 Å². The maximum Gasteiger partial charge on any atom is 0.255 e. The van der Waals surface area contributed by atoms with E-state index in [-0.39, 0.29) is 17.7 Å². The second-order valence-corrected chi connectivity index (χ2v) is 6.52. The van der Waals surface area contributed by atoms with E-state index in [1.54, 1.807) is 42.5 Å². The van der Waals surface area contributed by atoms with Crippen LogP contribution in [0.25, 0.3) is 0 Å². The summed E-state index contributed by atoms with van der Waals surface area (Å²) in [5.41, 5.74) is 2.37. The third kappa shape index (κ3) is 3.10. The van der Waals surface area contributed by atoms with Gasteiger partial charge in [0.1, 0.15) is 0 Å². The van der Waals surface area contributed by atoms with Crippen LogP contribution in [0.2, 0.25) is 0 Å². The standard InChI is InChI=1S/C19H19N3O3/c1-11(23)20-14-6-4-5-7-15(14)21-17(24)12-8-9-13-16(10-12)22-18(25)19(13,2)3/h4-10H,1-3H3,(H,20,23)(H,21,24)(H,22,25). The van der Waals surface area contributed by atoms with E-state index in [1.165, 1.54) is 6.92 Å². The van der Waals surface area contributed by atoms with Gasteiger partial charge in [0.05, 0.1) is 16.8 Å². The Bertz CT molecular complexity index is 887. The van der Waals surface area contributed by atoms with Gasteiger partial charge in [-0.3, -0.25) is 14.4 Å². The van der Waals surface area contributed by atoms with E-state index in [2.05, 4.69) is 16.0 Å². The van der Waals surface area contributed by atoms with Crippen molar-refractivity contribution in [1.29, 1.82) is 0 Å². The number of carbonyl (C=O) groups is 3. The lowest BCUT2D eigenvalue weighted by Crippen LogP contribution is -2.26. The molecule has 0 saturated carbocycles. The number of anilines is 3. The van der Waals surface area contributed by atoms with Crippen molar-refractivity contribution in [2.75, 3.05) is 16.0 Å². The molecule has 3 N–H and O–H groups in total. The normalized spacial score (nSPS) is 14.4. The fourth-order valence-electron chi connectivity index (χ4n) is 2.82. The van der Waals surface area contributed by atoms with Crippen molar-refractivity contribution < 1.29 is 14.4 Å². The number of hydrogen-bond donors (Lipinski definition) is 3. The van der Waals surface area contributed by atoms with Crippen LogP contribution in [0.1, 0.15) is 36.7 Å². The molecule has 0 unspecified atom stereocenters. The molecule has 0 aliphatic carbocycles. The first-order valence-electron chi connectivity index (χ1n) is 7.93. The first kappa shape index (κ1) is 16.7. The SMILES string of the molecule is CC(=O)Nc1ccccc1NC(=O)c1ccc2c(c1)NC(=O)C2(C)C. The van der Waals surface area contributed by atoms with Gasteiger partial charge in [0.15, 0.2) is 0 Å². The van der Waals surface area contributed by atoms with Crippen LogP contribution in [0.4, 0.5) is 17.1 Å². The van der Waals surface area contributed by atoms with Gasteiger partial charge in [-0.2, -0.15) is 0 Å². The summed E-state index contributed by atoms with van der Waals surface area (Å²) in [6.45, 7) is 5.10. The predicted molar refractivity (Wildman–Crippen MR) is 96.8 cm³/mol. The van der Waals surface area contributed by atoms with Crippen molar-refractivity contribution >= 4 is 34.8 Å². The molecule has 1 aliphatic heterocycles. The van der Waals surface area contributed by atoms with Gasteiger partial charge < -0.3 is 16.0 Å². The molecule has 3 rings (SSSR count). The maximum absolute atomic E-state index is 12.6. The van der Waals surface area contributed by atoms with Crippen LogP contribution in [0.5, 0.6) is 0 Å². The fraction of sp³-hybridized carbons (Fsp3) is 0.211. The highest BCUT2D eigenvalue weighted by atomic mass is 16.2. The Morgan fingerprint density at radius 2 is 1.64 bits per heavy atom. The molecule has 0 atom stereocenters. The number of para-hydroxylation sites is 2. The zero-order valence-corrected chi connectivity index (χ0v) is 14.3. The molecule has 1 aliphatic rings. The van der Waals surface area contributed by atoms with Crippen LogP contribution < -0.4 is 16.0 Å². The molecule has 6 nitrogen and oxygen atoms in total. The molecule has 0 radical (unpaired) electrons. The molecule has 0 bridgehead atoms. The summed E-state index contributed by atoms with van der Waals surface area (Å²) in [6.07, 6.45) is 0. The first-order valence-corrected chi connectivity index (χ1v) is 7.93. The highest BCUT2D eigenvalue weighted by molar-refractivity contribution is 6.10. The van der Waals surface area contributed by atoms with Crippen molar-refractivity contribution in [2.24, 2.45) is 0 Å². The summed E-state index contributed by atoms with van der Waals surface area (Å²) < 4.78 is 0. The van der Waals surface area contributed by atoms with E-state index in [0.717, 1.165) is 5.56 Å². The summed E-state index contributed by atoms with van der Waals surface area (Å²) in [7, 11) is 0. The Morgan fingerprint density at radius 1 is 1.00 bits per heavy atom. The van der Waals surface area contributed by atoms with Crippen molar-refractivity contribution in [2.45, 2.75) is 26.2 Å². The number of carbonyl (C=O) groups excluding carboxylic acids is 3. The van der Waals surface area contributed by atoms with E-state index < -0.39 is 5.41 Å². The number of fused-ring (bicyclic) bond motifs is 1. The van der Waals surface area contributed by atoms with Gasteiger partial charge >= 0.3 is 0 Å². The molecule has 6 heteroatoms. The molecule has 0 saturated heterocycles. The van der Waals surface area contributed by atoms with Crippen molar-refractivity contribution in [3.8, 4) is 0 Å². The molecule has 2 aromatic rings. The van der Waals surface area contributed by atoms with Crippen LogP contribution in [0.15, 0.2) is 42.5 Å². The Morgan fingerprint density at radius 3 is 2.28 bits per heavy atom. The summed E-state index contributed by atoms with van der Waals surface area (Å²) in [5.74, 6) is -0.625. The summed E-state index contributed by atoms with van der Waals surface area (Å²) in [4.78, 5) is 35.9. The molecule has 0 aromatic heterocycles. The molecule has 0 spiro atoms. The van der Waals surface area contributed by atoms with Gasteiger partial charge in [-0.25, -0.2) is 0 Å². The van der Waals surface area contributed by atoms with Gasteiger partial charge in [0.25, 0.3) is 5.91 Å². The van der Waals surface area contributed by atoms with Crippen molar-refractivity contribution in [3.05, 3.63) is 53.6 Å². The predicted octanol–water partition coefficient (Wildman–Crippen LogP) is 3.13. The minimum atomic E-state index is -0.609. The molecular weight excluding hydrogens is 318 g/mol. The fourth-order valence-corrected chi connectivity index (χ4v) is 2.82. The Labute approximate surface area is 145 Å². The average Bonchev–Trinajstić information content (AvgIpc) is 2.78. The van der Waals surface area contributed by atoms with E-state index in [9.17, 15) is 14.4 Å². The Balaban J connectivity index is 1.86. The lowest BCUT2D eigenvalue weighted by atomic mass is 9.86. The van der Waals surface area contributed by atoms with Crippen LogP contribution in [-0.4, -0.2) is 17.7 Å². The van der Waals surface area contributed by atoms with Crippen molar-refractivity contribution in [3.63, 3.8) is 0 Å². The van der Waals surface area contributed by atoms with Gasteiger partial charge in [0, 0.05) is 18.2 Å². The number of amides is 3. The minimum Gasteiger partial charge on any atom is -0.325 e. The summed E-state index contributed by atoms with van der Waals surface area (Å²) in [5, 5.41) is 8.28. The molecular formula is C19H19N3O3. The average molecular weight is 337 g/mol. The molecule has 3 amide bonds. The zero-order chi connectivity index (χ0) is 18.2. The smallest absolute Gasteiger partial charge is 0.255 e. The second kappa shape index (κ2) is 6.05. The third-order valence-corrected chi connectivity index (χ3v) is 4.26. The van der Waals surface area contributed by atoms with Crippen LogP contribution in [0.3, 0.4) is 0 Å². The minimum absolute atomic E-state index is 0.0870. The lowest BCUT2D eigenvalue weighted by Gasteiger charge is -2.15. The molecule has 2 aromatic carbocycles. The van der Waals surface area contributed by atoms with Crippen LogP contribution in [0, 0.1) is 0 Å². The second-order valence-electron chi connectivity index (χ2n) is 6.52. The monoisotopic (exact) mass is 337 g/mol. The summed E-state index contributed by atoms with van der Waals surface area (Å²) >= 11 is 0. The van der Waals surface area contributed by atoms with Crippen molar-refractivity contribution in [1.82, 2.24) is 0 Å². The van der Waals surface area contributed by atoms with Gasteiger partial charge in [-0.15, -0.1) is 0 Å². The zero-order valence-electron chi connectivity index (χ0n) is 14.3. The third-order valence-electron chi connectivity index (χ3n) is 4.26. The quantitative estimate of drug-likeness (QED) is 0.804. The Hall–Kier alpha value is -3.15. The van der Waals surface area contributed by atoms with Crippen LogP contribution in [-0.2, 0) is 15.0 Å². The largest absolute Gasteiger partial charge is 0.325 e. The Kier molecular flexibility index (Phi) is 4.04. The number of benzene rings is 2. The highest BCUT2D eigenvalue weighted by Crippen LogP contribution is 2.37. The topological polar surface area (TPSA) is 87.3 Å². The number of nitrogens with one attached hydrogen (secondary N) is 3. The molecule has 25 heavy (non-hydrogen) atoms. The number of hydrogen-bond acceptors (Lipinski definition) is 3. The van der Waals surface area contributed by atoms with E-state index in [1.807, 2.05) is 13.8 Å². The molecule has 1 heterocycles. The summed E-state index contributed by atoms with van der Waals surface area (Å²) in [6, 6.07) is 12.1. The van der Waals surface area contributed by atoms with E-state index in [4.69, 9.17) is 0 Å². The molecule has 0 fully saturated rings. The van der Waals surface area contributed by atoms with Gasteiger partial charge in [-0.1, -0.05) is 18.2 Å². The van der Waals surface area contributed by atoms with E-state index >= 15 is 0 Å². The first-order chi connectivity index (χ1) is 11.8. The molecule has 128 valence electrons. The maximum atomic E-state index is 12.6. The van der Waals surface area contributed by atoms with Gasteiger partial charge in [0.2, 0.25) is 11.8 Å². The highest BCUT2D eigenvalue weighted by Gasteiger charge is 2.38. The van der Waals surface area contributed by atoms with Crippen LogP contribution >= 0.6 is 0 Å².